The number of allylic oxidation sites excluding steroid dienone is 2. The maximum absolute atomic E-state index is 13.1. The quantitative estimate of drug-likeness (QED) is 0.457. The van der Waals surface area contributed by atoms with Crippen molar-refractivity contribution in [2.24, 2.45) is 16.9 Å². The highest BCUT2D eigenvalue weighted by atomic mass is 35.5. The number of aromatic nitrogens is 2. The number of nitrogens with zero attached hydrogens (tertiary/aromatic N) is 4. The second-order valence-electron chi connectivity index (χ2n) is 7.68. The van der Waals surface area contributed by atoms with Crippen LogP contribution in [0.1, 0.15) is 31.2 Å². The van der Waals surface area contributed by atoms with Crippen molar-refractivity contribution < 1.29 is 14.3 Å². The van der Waals surface area contributed by atoms with E-state index in [0.717, 1.165) is 43.5 Å². The van der Waals surface area contributed by atoms with E-state index in [1.165, 1.54) is 0 Å². The molecule has 0 saturated heterocycles. The average molecular weight is 445 g/mol. The molecule has 0 saturated carbocycles. The molecule has 1 aromatic heterocycles. The molecule has 2 aromatic rings. The molecule has 0 unspecified atom stereocenters. The van der Waals surface area contributed by atoms with E-state index in [2.05, 4.69) is 21.7 Å². The molecule has 7 nitrogen and oxygen atoms in total. The number of hydrazone groups is 1. The van der Waals surface area contributed by atoms with Crippen LogP contribution in [0, 0.1) is 11.8 Å². The number of carbonyl (C=O) groups excluding carboxylic acids is 1. The summed E-state index contributed by atoms with van der Waals surface area (Å²) in [6.45, 7) is 1.51. The van der Waals surface area contributed by atoms with E-state index in [4.69, 9.17) is 14.6 Å². The van der Waals surface area contributed by atoms with Crippen LogP contribution in [0.2, 0.25) is 0 Å². The second kappa shape index (κ2) is 10.5. The third-order valence-corrected chi connectivity index (χ3v) is 5.86. The number of ether oxygens (including phenoxy) is 2. The van der Waals surface area contributed by atoms with Crippen LogP contribution in [0.3, 0.4) is 0 Å². The van der Waals surface area contributed by atoms with Gasteiger partial charge < -0.3 is 14.0 Å². The lowest BCUT2D eigenvalue weighted by Gasteiger charge is -2.37. The van der Waals surface area contributed by atoms with Gasteiger partial charge in [-0.3, -0.25) is 4.79 Å². The lowest BCUT2D eigenvalue weighted by molar-refractivity contribution is -0.137. The van der Waals surface area contributed by atoms with Crippen molar-refractivity contribution in [1.29, 1.82) is 0 Å². The largest absolute Gasteiger partial charge is 0.493 e. The van der Waals surface area contributed by atoms with Crippen LogP contribution in [0.4, 0.5) is 0 Å². The Morgan fingerprint density at radius 2 is 1.77 bits per heavy atom. The van der Waals surface area contributed by atoms with Gasteiger partial charge in [-0.05, 0) is 43.9 Å². The summed E-state index contributed by atoms with van der Waals surface area (Å²) in [5.41, 5.74) is 1.94. The van der Waals surface area contributed by atoms with Gasteiger partial charge in [0.2, 0.25) is 5.91 Å². The maximum Gasteiger partial charge on any atom is 0.246 e. The highest BCUT2D eigenvalue weighted by Crippen LogP contribution is 2.36. The molecule has 0 bridgehead atoms. The van der Waals surface area contributed by atoms with E-state index < -0.39 is 0 Å². The lowest BCUT2D eigenvalue weighted by atomic mass is 9.76. The summed E-state index contributed by atoms with van der Waals surface area (Å²) in [7, 11) is 3.26. The molecule has 0 fully saturated rings. The van der Waals surface area contributed by atoms with E-state index in [1.54, 1.807) is 25.4 Å². The Morgan fingerprint density at radius 1 is 1.03 bits per heavy atom. The SMILES string of the molecule is COc1ccc(C2=NN(CCCCn3ccnc3)C(=O)[C@H]3CC=CC[C@@H]23)cc1OC.Cl. The van der Waals surface area contributed by atoms with Crippen LogP contribution in [-0.4, -0.2) is 46.9 Å². The predicted octanol–water partition coefficient (Wildman–Crippen LogP) is 3.93. The van der Waals surface area contributed by atoms with Gasteiger partial charge in [0, 0.05) is 37.0 Å². The zero-order valence-corrected chi connectivity index (χ0v) is 18.8. The third-order valence-electron chi connectivity index (χ3n) is 5.86. The Labute approximate surface area is 189 Å². The fourth-order valence-electron chi connectivity index (χ4n) is 4.24. The Balaban J connectivity index is 0.00000272. The highest BCUT2D eigenvalue weighted by molar-refractivity contribution is 6.07. The molecule has 2 heterocycles. The summed E-state index contributed by atoms with van der Waals surface area (Å²) in [5, 5.41) is 6.51. The number of hydrogen-bond acceptors (Lipinski definition) is 5. The first-order valence-corrected chi connectivity index (χ1v) is 10.4. The van der Waals surface area contributed by atoms with Crippen molar-refractivity contribution in [3.05, 3.63) is 54.6 Å². The van der Waals surface area contributed by atoms with Crippen LogP contribution in [-0.2, 0) is 11.3 Å². The first-order valence-electron chi connectivity index (χ1n) is 10.4. The molecular formula is C23H29ClN4O3. The second-order valence-corrected chi connectivity index (χ2v) is 7.68. The molecule has 2 aliphatic rings. The molecular weight excluding hydrogens is 416 g/mol. The molecule has 1 aromatic carbocycles. The van der Waals surface area contributed by atoms with Gasteiger partial charge in [0.1, 0.15) is 0 Å². The molecule has 2 atom stereocenters. The van der Waals surface area contributed by atoms with Crippen molar-refractivity contribution in [2.45, 2.75) is 32.2 Å². The lowest BCUT2D eigenvalue weighted by Crippen LogP contribution is -2.45. The first-order chi connectivity index (χ1) is 14.7. The summed E-state index contributed by atoms with van der Waals surface area (Å²) in [6.07, 6.45) is 13.3. The van der Waals surface area contributed by atoms with Crippen molar-refractivity contribution in [3.63, 3.8) is 0 Å². The smallest absolute Gasteiger partial charge is 0.246 e. The number of amides is 1. The summed E-state index contributed by atoms with van der Waals surface area (Å²) in [6, 6.07) is 5.86. The van der Waals surface area contributed by atoms with E-state index in [1.807, 2.05) is 30.7 Å². The van der Waals surface area contributed by atoms with Crippen molar-refractivity contribution >= 4 is 24.0 Å². The zero-order chi connectivity index (χ0) is 20.9. The van der Waals surface area contributed by atoms with Gasteiger partial charge in [0.15, 0.2) is 11.5 Å². The van der Waals surface area contributed by atoms with E-state index in [-0.39, 0.29) is 30.2 Å². The van der Waals surface area contributed by atoms with Crippen LogP contribution in [0.25, 0.3) is 0 Å². The van der Waals surface area contributed by atoms with E-state index in [9.17, 15) is 4.79 Å². The molecule has 31 heavy (non-hydrogen) atoms. The van der Waals surface area contributed by atoms with Crippen LogP contribution < -0.4 is 9.47 Å². The number of rotatable bonds is 8. The Morgan fingerprint density at radius 3 is 2.48 bits per heavy atom. The van der Waals surface area contributed by atoms with E-state index in [0.29, 0.717) is 18.0 Å². The monoisotopic (exact) mass is 444 g/mol. The van der Waals surface area contributed by atoms with Crippen molar-refractivity contribution in [2.75, 3.05) is 20.8 Å². The number of aryl methyl sites for hydroxylation is 1. The summed E-state index contributed by atoms with van der Waals surface area (Å²) >= 11 is 0. The molecule has 1 aliphatic carbocycles. The van der Waals surface area contributed by atoms with Gasteiger partial charge in [-0.1, -0.05) is 12.2 Å². The number of benzene rings is 1. The molecule has 0 radical (unpaired) electrons. The van der Waals surface area contributed by atoms with Gasteiger partial charge in [0.05, 0.1) is 32.2 Å². The summed E-state index contributed by atoms with van der Waals surface area (Å²) in [4.78, 5) is 17.2. The van der Waals surface area contributed by atoms with Crippen LogP contribution in [0.15, 0.2) is 54.2 Å². The molecule has 8 heteroatoms. The zero-order valence-electron chi connectivity index (χ0n) is 17.9. The van der Waals surface area contributed by atoms with Crippen molar-refractivity contribution in [1.82, 2.24) is 14.6 Å². The fourth-order valence-corrected chi connectivity index (χ4v) is 4.24. The minimum Gasteiger partial charge on any atom is -0.493 e. The number of unbranched alkanes of at least 4 members (excludes halogenated alkanes) is 1. The Bertz CT molecular complexity index is 942. The van der Waals surface area contributed by atoms with Crippen LogP contribution in [0.5, 0.6) is 11.5 Å². The molecule has 1 amide bonds. The molecule has 0 N–H and O–H groups in total. The standard InChI is InChI=1S/C23H28N4O3.ClH/c1-29-20-10-9-17(15-21(20)30-2)22-18-7-3-4-8-19(18)23(28)27(25-22)13-6-5-12-26-14-11-24-16-26;/h3-4,9-11,14-16,18-19H,5-8,12-13H2,1-2H3;1H/t18-,19+;/m1./s1. The molecule has 1 aliphatic heterocycles. The molecule has 4 rings (SSSR count). The molecule has 0 spiro atoms. The highest BCUT2D eigenvalue weighted by Gasteiger charge is 2.39. The number of carbonyl (C=O) groups is 1. The third kappa shape index (κ3) is 4.93. The fraction of sp³-hybridized carbons (Fsp3) is 0.435. The summed E-state index contributed by atoms with van der Waals surface area (Å²) in [5.74, 6) is 1.54. The Kier molecular flexibility index (Phi) is 7.74. The van der Waals surface area contributed by atoms with Gasteiger partial charge in [-0.25, -0.2) is 9.99 Å². The first kappa shape index (κ1) is 22.9. The number of hydrogen-bond donors (Lipinski definition) is 0. The maximum atomic E-state index is 13.1. The number of imidazole rings is 1. The molecule has 166 valence electrons. The average Bonchev–Trinajstić information content (AvgIpc) is 3.31. The summed E-state index contributed by atoms with van der Waals surface area (Å²) < 4.78 is 12.9. The number of methoxy groups -OCH3 is 2. The number of fused-ring (bicyclic) bond motifs is 1. The minimum absolute atomic E-state index is 0. The van der Waals surface area contributed by atoms with Gasteiger partial charge in [-0.2, -0.15) is 5.10 Å². The Hall–Kier alpha value is -2.80. The normalized spacial score (nSPS) is 20.0. The topological polar surface area (TPSA) is 69.0 Å². The predicted molar refractivity (Wildman–Crippen MR) is 122 cm³/mol. The van der Waals surface area contributed by atoms with E-state index >= 15 is 0 Å². The number of halogens is 1. The van der Waals surface area contributed by atoms with Gasteiger partial charge in [-0.15, -0.1) is 12.4 Å². The van der Waals surface area contributed by atoms with Crippen LogP contribution >= 0.6 is 12.4 Å². The minimum atomic E-state index is -0.0516. The van der Waals surface area contributed by atoms with Crippen molar-refractivity contribution in [3.8, 4) is 11.5 Å². The van der Waals surface area contributed by atoms with Gasteiger partial charge in [0.25, 0.3) is 0 Å². The van der Waals surface area contributed by atoms with Gasteiger partial charge >= 0.3 is 0 Å².